The van der Waals surface area contributed by atoms with Gasteiger partial charge < -0.3 is 15.4 Å². The third-order valence-corrected chi connectivity index (χ3v) is 6.57. The summed E-state index contributed by atoms with van der Waals surface area (Å²) in [6.45, 7) is 7.92. The number of hydrogen-bond acceptors (Lipinski definition) is 5. The highest BCUT2D eigenvalue weighted by Gasteiger charge is 2.35. The molecule has 2 fully saturated rings. The van der Waals surface area contributed by atoms with Crippen LogP contribution in [0.5, 0.6) is 5.88 Å². The van der Waals surface area contributed by atoms with E-state index in [9.17, 15) is 18.0 Å². The summed E-state index contributed by atoms with van der Waals surface area (Å²) in [7, 11) is 0. The summed E-state index contributed by atoms with van der Waals surface area (Å²) in [4.78, 5) is 19.0. The first-order valence-electron chi connectivity index (χ1n) is 11.9. The van der Waals surface area contributed by atoms with Crippen molar-refractivity contribution in [1.82, 2.24) is 20.5 Å². The van der Waals surface area contributed by atoms with E-state index >= 15 is 0 Å². The molecule has 2 aromatic rings. The van der Waals surface area contributed by atoms with Gasteiger partial charge in [0.1, 0.15) is 6.10 Å². The maximum atomic E-state index is 12.9. The summed E-state index contributed by atoms with van der Waals surface area (Å²) in [5.41, 5.74) is 0.904. The summed E-state index contributed by atoms with van der Waals surface area (Å²) in [6.07, 6.45) is 1.66. The van der Waals surface area contributed by atoms with Crippen LogP contribution in [-0.4, -0.2) is 53.6 Å². The molecule has 2 N–H and O–H groups in total. The molecule has 1 aromatic heterocycles. The lowest BCUT2D eigenvalue weighted by Crippen LogP contribution is -2.61. The Kier molecular flexibility index (Phi) is 7.64. The Morgan fingerprint density at radius 1 is 1.17 bits per heavy atom. The lowest BCUT2D eigenvalue weighted by Gasteiger charge is -2.47. The number of alkyl halides is 3. The predicted molar refractivity (Wildman–Crippen MR) is 127 cm³/mol. The van der Waals surface area contributed by atoms with Crippen LogP contribution >= 0.6 is 0 Å². The molecule has 0 unspecified atom stereocenters. The molecule has 4 rings (SSSR count). The predicted octanol–water partition coefficient (Wildman–Crippen LogP) is 4.32. The Bertz CT molecular complexity index is 1040. The number of nitrogens with zero attached hydrogens (tertiary/aromatic N) is 2. The number of amides is 1. The fraction of sp³-hybridized carbons (Fsp3) is 0.462. The van der Waals surface area contributed by atoms with Crippen LogP contribution in [0, 0.1) is 6.92 Å². The van der Waals surface area contributed by atoms with Gasteiger partial charge in [0.25, 0.3) is 5.91 Å². The lowest BCUT2D eigenvalue weighted by molar-refractivity contribution is -0.137. The number of carbonyl (C=O) groups is 1. The SMILES string of the molecule is C=C(CNC(=O)c1cccc(C(F)(F)F)c1)NC1CN([C@H]2CC[C@@H](Oc3cc(C)ccn3)CC2)C1. The monoisotopic (exact) mass is 488 g/mol. The van der Waals surface area contributed by atoms with E-state index < -0.39 is 17.6 Å². The Hall–Kier alpha value is -3.07. The number of aromatic nitrogens is 1. The van der Waals surface area contributed by atoms with Crippen LogP contribution in [0.4, 0.5) is 13.2 Å². The fourth-order valence-corrected chi connectivity index (χ4v) is 4.64. The summed E-state index contributed by atoms with van der Waals surface area (Å²) in [6, 6.07) is 9.09. The summed E-state index contributed by atoms with van der Waals surface area (Å²) in [5, 5.41) is 5.94. The Morgan fingerprint density at radius 2 is 1.91 bits per heavy atom. The van der Waals surface area contributed by atoms with Crippen LogP contribution in [0.15, 0.2) is 54.9 Å². The van der Waals surface area contributed by atoms with Gasteiger partial charge in [-0.25, -0.2) is 4.98 Å². The van der Waals surface area contributed by atoms with Gasteiger partial charge >= 0.3 is 6.18 Å². The zero-order chi connectivity index (χ0) is 25.0. The highest BCUT2D eigenvalue weighted by Crippen LogP contribution is 2.30. The highest BCUT2D eigenvalue weighted by molar-refractivity contribution is 5.94. The van der Waals surface area contributed by atoms with E-state index in [1.54, 1.807) is 6.20 Å². The number of pyridine rings is 1. The summed E-state index contributed by atoms with van der Waals surface area (Å²) in [5.74, 6) is 0.134. The number of halogens is 3. The van der Waals surface area contributed by atoms with Crippen LogP contribution in [0.25, 0.3) is 0 Å². The first-order valence-corrected chi connectivity index (χ1v) is 11.9. The van der Waals surface area contributed by atoms with Gasteiger partial charge in [-0.2, -0.15) is 13.2 Å². The molecule has 0 radical (unpaired) electrons. The minimum Gasteiger partial charge on any atom is -0.474 e. The van der Waals surface area contributed by atoms with E-state index in [2.05, 4.69) is 27.1 Å². The Morgan fingerprint density at radius 3 is 2.60 bits per heavy atom. The molecule has 9 heteroatoms. The molecule has 0 bridgehead atoms. The smallest absolute Gasteiger partial charge is 0.416 e. The second-order valence-corrected chi connectivity index (χ2v) is 9.38. The van der Waals surface area contributed by atoms with E-state index in [0.29, 0.717) is 17.6 Å². The van der Waals surface area contributed by atoms with Crippen molar-refractivity contribution in [3.05, 3.63) is 71.6 Å². The molecule has 0 atom stereocenters. The van der Waals surface area contributed by atoms with Crippen LogP contribution in [0.1, 0.15) is 47.2 Å². The van der Waals surface area contributed by atoms with Crippen molar-refractivity contribution >= 4 is 5.91 Å². The number of nitrogens with one attached hydrogen (secondary N) is 2. The molecule has 1 aliphatic heterocycles. The van der Waals surface area contributed by atoms with Gasteiger partial charge in [-0.3, -0.25) is 9.69 Å². The second-order valence-electron chi connectivity index (χ2n) is 9.38. The third kappa shape index (κ3) is 6.75. The average Bonchev–Trinajstić information content (AvgIpc) is 2.80. The molecule has 1 aromatic carbocycles. The number of hydrogen-bond donors (Lipinski definition) is 2. The van der Waals surface area contributed by atoms with Crippen molar-refractivity contribution in [2.45, 2.75) is 57.0 Å². The van der Waals surface area contributed by atoms with Crippen LogP contribution in [0.2, 0.25) is 0 Å². The number of rotatable bonds is 8. The molecule has 1 saturated carbocycles. The number of likely N-dealkylation sites (tertiary alicyclic amines) is 1. The first-order chi connectivity index (χ1) is 16.7. The van der Waals surface area contributed by atoms with Gasteiger partial charge in [0, 0.05) is 42.7 Å². The van der Waals surface area contributed by atoms with Gasteiger partial charge in [-0.15, -0.1) is 0 Å². The topological polar surface area (TPSA) is 66.5 Å². The van der Waals surface area contributed by atoms with Crippen molar-refractivity contribution in [2.75, 3.05) is 19.6 Å². The van der Waals surface area contributed by atoms with E-state index in [4.69, 9.17) is 4.74 Å². The Balaban J connectivity index is 1.14. The number of aryl methyl sites for hydroxylation is 1. The normalized spacial score (nSPS) is 21.1. The molecule has 0 spiro atoms. The molecule has 1 saturated heterocycles. The van der Waals surface area contributed by atoms with Gasteiger partial charge in [0.2, 0.25) is 5.88 Å². The van der Waals surface area contributed by atoms with Crippen molar-refractivity contribution in [3.8, 4) is 5.88 Å². The van der Waals surface area contributed by atoms with E-state index in [0.717, 1.165) is 56.5 Å². The standard InChI is InChI=1S/C26H31F3N4O2/c1-17-10-11-30-24(12-17)35-23-8-6-22(7-9-23)33-15-21(16-33)32-18(2)14-31-25(34)19-4-3-5-20(13-19)26(27,28)29/h3-5,10-13,21-23,32H,2,6-9,14-16H2,1H3,(H,31,34)/t22-,23+. The average molecular weight is 489 g/mol. The molecular formula is C26H31F3N4O2. The minimum atomic E-state index is -4.48. The maximum Gasteiger partial charge on any atom is 0.416 e. The Labute approximate surface area is 203 Å². The van der Waals surface area contributed by atoms with Crippen LogP contribution in [0.3, 0.4) is 0 Å². The summed E-state index contributed by atoms with van der Waals surface area (Å²) < 4.78 is 44.6. The quantitative estimate of drug-likeness (QED) is 0.580. The van der Waals surface area contributed by atoms with Crippen molar-refractivity contribution < 1.29 is 22.7 Å². The third-order valence-electron chi connectivity index (χ3n) is 6.57. The largest absolute Gasteiger partial charge is 0.474 e. The zero-order valence-corrected chi connectivity index (χ0v) is 19.8. The molecule has 1 aliphatic carbocycles. The van der Waals surface area contributed by atoms with Crippen LogP contribution in [-0.2, 0) is 6.18 Å². The minimum absolute atomic E-state index is 0.0276. The van der Waals surface area contributed by atoms with Crippen molar-refractivity contribution in [1.29, 1.82) is 0 Å². The molecule has 188 valence electrons. The fourth-order valence-electron chi connectivity index (χ4n) is 4.64. The van der Waals surface area contributed by atoms with Gasteiger partial charge in [0.15, 0.2) is 0 Å². The van der Waals surface area contributed by atoms with E-state index in [-0.39, 0.29) is 24.3 Å². The molecular weight excluding hydrogens is 457 g/mol. The van der Waals surface area contributed by atoms with Crippen molar-refractivity contribution in [3.63, 3.8) is 0 Å². The molecule has 1 amide bonds. The second kappa shape index (κ2) is 10.7. The van der Waals surface area contributed by atoms with E-state index in [1.165, 1.54) is 12.1 Å². The number of benzene rings is 1. The van der Waals surface area contributed by atoms with Gasteiger partial charge in [-0.05, 0) is 62.4 Å². The molecule has 35 heavy (non-hydrogen) atoms. The maximum absolute atomic E-state index is 12.9. The molecule has 2 heterocycles. The van der Waals surface area contributed by atoms with Crippen LogP contribution < -0.4 is 15.4 Å². The lowest BCUT2D eigenvalue weighted by atomic mass is 9.89. The molecule has 2 aliphatic rings. The number of ether oxygens (including phenoxy) is 1. The zero-order valence-electron chi connectivity index (χ0n) is 19.8. The van der Waals surface area contributed by atoms with E-state index in [1.807, 2.05) is 19.1 Å². The number of carbonyl (C=O) groups excluding carboxylic acids is 1. The highest BCUT2D eigenvalue weighted by atomic mass is 19.4. The van der Waals surface area contributed by atoms with Gasteiger partial charge in [0.05, 0.1) is 18.2 Å². The summed E-state index contributed by atoms with van der Waals surface area (Å²) >= 11 is 0. The molecule has 6 nitrogen and oxygen atoms in total. The van der Waals surface area contributed by atoms with Crippen molar-refractivity contribution in [2.24, 2.45) is 0 Å². The van der Waals surface area contributed by atoms with Gasteiger partial charge in [-0.1, -0.05) is 12.6 Å². The first kappa shape index (κ1) is 25.0.